The SMILES string of the molecule is CC(NC(=O)CN1CCN(S(=O)(=O)c2ccccc2F)CC1)c1ccc2ccccc2c1. The molecule has 0 aromatic heterocycles. The van der Waals surface area contributed by atoms with Gasteiger partial charge in [0, 0.05) is 26.2 Å². The van der Waals surface area contributed by atoms with Gasteiger partial charge in [-0.25, -0.2) is 12.8 Å². The second-order valence-electron chi connectivity index (χ2n) is 8.01. The average Bonchev–Trinajstić information content (AvgIpc) is 2.79. The summed E-state index contributed by atoms with van der Waals surface area (Å²) in [5.74, 6) is -0.868. The van der Waals surface area contributed by atoms with Crippen molar-refractivity contribution in [1.82, 2.24) is 14.5 Å². The van der Waals surface area contributed by atoms with Crippen molar-refractivity contribution in [3.8, 4) is 0 Å². The first kappa shape index (κ1) is 22.4. The minimum atomic E-state index is -3.89. The van der Waals surface area contributed by atoms with Crippen LogP contribution in [0.25, 0.3) is 10.8 Å². The predicted octanol–water partition coefficient (Wildman–Crippen LogP) is 3.16. The highest BCUT2D eigenvalue weighted by molar-refractivity contribution is 7.89. The van der Waals surface area contributed by atoms with Crippen LogP contribution in [-0.2, 0) is 14.8 Å². The van der Waals surface area contributed by atoms with E-state index in [2.05, 4.69) is 11.4 Å². The number of halogens is 1. The molecule has 1 N–H and O–H groups in total. The third-order valence-corrected chi connectivity index (χ3v) is 7.74. The first-order valence-electron chi connectivity index (χ1n) is 10.6. The van der Waals surface area contributed by atoms with Gasteiger partial charge < -0.3 is 5.32 Å². The number of benzene rings is 3. The van der Waals surface area contributed by atoms with Crippen LogP contribution >= 0.6 is 0 Å². The molecule has 1 fully saturated rings. The molecule has 1 saturated heterocycles. The van der Waals surface area contributed by atoms with Crippen molar-refractivity contribution in [2.24, 2.45) is 0 Å². The summed E-state index contributed by atoms with van der Waals surface area (Å²) in [5, 5.41) is 5.30. The van der Waals surface area contributed by atoms with Crippen LogP contribution in [0.2, 0.25) is 0 Å². The van der Waals surface area contributed by atoms with E-state index < -0.39 is 15.8 Å². The van der Waals surface area contributed by atoms with Crippen molar-refractivity contribution in [2.75, 3.05) is 32.7 Å². The van der Waals surface area contributed by atoms with Gasteiger partial charge in [0.25, 0.3) is 0 Å². The Kier molecular flexibility index (Phi) is 6.55. The summed E-state index contributed by atoms with van der Waals surface area (Å²) < 4.78 is 40.7. The van der Waals surface area contributed by atoms with Crippen LogP contribution in [0.5, 0.6) is 0 Å². The fourth-order valence-corrected chi connectivity index (χ4v) is 5.46. The highest BCUT2D eigenvalue weighted by Crippen LogP contribution is 2.21. The molecule has 0 spiro atoms. The Balaban J connectivity index is 1.32. The van der Waals surface area contributed by atoms with E-state index >= 15 is 0 Å². The zero-order valence-corrected chi connectivity index (χ0v) is 18.7. The van der Waals surface area contributed by atoms with Gasteiger partial charge in [0.2, 0.25) is 15.9 Å². The molecular weight excluding hydrogens is 429 g/mol. The van der Waals surface area contributed by atoms with E-state index in [0.29, 0.717) is 13.1 Å². The number of fused-ring (bicyclic) bond motifs is 1. The van der Waals surface area contributed by atoms with Gasteiger partial charge in [0.15, 0.2) is 0 Å². The molecule has 0 bridgehead atoms. The van der Waals surface area contributed by atoms with Gasteiger partial charge >= 0.3 is 0 Å². The van der Waals surface area contributed by atoms with Gasteiger partial charge in [0.1, 0.15) is 10.7 Å². The molecule has 1 aliphatic rings. The molecule has 0 radical (unpaired) electrons. The largest absolute Gasteiger partial charge is 0.348 e. The number of hydrogen-bond acceptors (Lipinski definition) is 4. The Bertz CT molecular complexity index is 1220. The maximum absolute atomic E-state index is 14.0. The van der Waals surface area contributed by atoms with Gasteiger partial charge in [-0.15, -0.1) is 0 Å². The molecular formula is C24H26FN3O3S. The molecule has 0 aliphatic carbocycles. The molecule has 32 heavy (non-hydrogen) atoms. The van der Waals surface area contributed by atoms with Crippen molar-refractivity contribution in [3.05, 3.63) is 78.1 Å². The number of amides is 1. The molecule has 1 aliphatic heterocycles. The van der Waals surface area contributed by atoms with Crippen molar-refractivity contribution >= 4 is 26.7 Å². The van der Waals surface area contributed by atoms with Crippen LogP contribution in [0, 0.1) is 5.82 Å². The van der Waals surface area contributed by atoms with E-state index in [4.69, 9.17) is 0 Å². The van der Waals surface area contributed by atoms with E-state index in [1.54, 1.807) is 0 Å². The lowest BCUT2D eigenvalue weighted by Gasteiger charge is -2.33. The van der Waals surface area contributed by atoms with Crippen LogP contribution in [0.3, 0.4) is 0 Å². The third-order valence-electron chi connectivity index (χ3n) is 5.80. The smallest absolute Gasteiger partial charge is 0.246 e. The highest BCUT2D eigenvalue weighted by Gasteiger charge is 2.31. The second-order valence-corrected chi connectivity index (χ2v) is 9.91. The summed E-state index contributed by atoms with van der Waals surface area (Å²) >= 11 is 0. The third kappa shape index (κ3) is 4.82. The van der Waals surface area contributed by atoms with Crippen molar-refractivity contribution in [1.29, 1.82) is 0 Å². The van der Waals surface area contributed by atoms with Gasteiger partial charge in [-0.1, -0.05) is 48.5 Å². The first-order valence-corrected chi connectivity index (χ1v) is 12.0. The average molecular weight is 456 g/mol. The number of nitrogens with zero attached hydrogens (tertiary/aromatic N) is 2. The van der Waals surface area contributed by atoms with Crippen LogP contribution in [-0.4, -0.2) is 56.3 Å². The van der Waals surface area contributed by atoms with E-state index in [0.717, 1.165) is 22.4 Å². The summed E-state index contributed by atoms with van der Waals surface area (Å²) in [4.78, 5) is 14.2. The normalized spacial score (nSPS) is 16.7. The monoisotopic (exact) mass is 455 g/mol. The molecule has 6 nitrogen and oxygen atoms in total. The van der Waals surface area contributed by atoms with E-state index in [9.17, 15) is 17.6 Å². The minimum Gasteiger partial charge on any atom is -0.348 e. The Morgan fingerprint density at radius 1 is 0.969 bits per heavy atom. The lowest BCUT2D eigenvalue weighted by atomic mass is 10.0. The standard InChI is InChI=1S/C24H26FN3O3S/c1-18(20-11-10-19-6-2-3-7-21(19)16-20)26-24(29)17-27-12-14-28(15-13-27)32(30,31)23-9-5-4-8-22(23)25/h2-11,16,18H,12-15,17H2,1H3,(H,26,29). The number of carbonyl (C=O) groups excluding carboxylic acids is 1. The molecule has 0 saturated carbocycles. The molecule has 1 unspecified atom stereocenters. The highest BCUT2D eigenvalue weighted by atomic mass is 32.2. The molecule has 168 valence electrons. The number of carbonyl (C=O) groups is 1. The lowest BCUT2D eigenvalue weighted by molar-refractivity contribution is -0.123. The zero-order chi connectivity index (χ0) is 22.7. The van der Waals surface area contributed by atoms with Crippen LogP contribution in [0.4, 0.5) is 4.39 Å². The van der Waals surface area contributed by atoms with Gasteiger partial charge in [-0.2, -0.15) is 4.31 Å². The molecule has 1 atom stereocenters. The topological polar surface area (TPSA) is 69.7 Å². The summed E-state index contributed by atoms with van der Waals surface area (Å²) in [5.41, 5.74) is 1.03. The molecule has 1 amide bonds. The van der Waals surface area contributed by atoms with Crippen LogP contribution < -0.4 is 5.32 Å². The number of piperazine rings is 1. The first-order chi connectivity index (χ1) is 15.3. The summed E-state index contributed by atoms with van der Waals surface area (Å²) in [7, 11) is -3.89. The molecule has 8 heteroatoms. The predicted molar refractivity (Wildman–Crippen MR) is 122 cm³/mol. The molecule has 3 aromatic carbocycles. The molecule has 4 rings (SSSR count). The Morgan fingerprint density at radius 2 is 1.62 bits per heavy atom. The summed E-state index contributed by atoms with van der Waals surface area (Å²) in [6, 6.07) is 19.5. The Hall–Kier alpha value is -2.81. The van der Waals surface area contributed by atoms with Crippen LogP contribution in [0.15, 0.2) is 71.6 Å². The molecule has 1 heterocycles. The van der Waals surface area contributed by atoms with E-state index in [1.807, 2.05) is 48.2 Å². The second kappa shape index (κ2) is 9.36. The fraction of sp³-hybridized carbons (Fsp3) is 0.292. The fourth-order valence-electron chi connectivity index (χ4n) is 3.97. The molecule has 3 aromatic rings. The number of sulfonamides is 1. The summed E-state index contributed by atoms with van der Waals surface area (Å²) in [6.07, 6.45) is 0. The number of rotatable bonds is 6. The maximum Gasteiger partial charge on any atom is 0.246 e. The lowest BCUT2D eigenvalue weighted by Crippen LogP contribution is -2.51. The van der Waals surface area contributed by atoms with Gasteiger partial charge in [0.05, 0.1) is 12.6 Å². The zero-order valence-electron chi connectivity index (χ0n) is 17.9. The minimum absolute atomic E-state index is 0.115. The van der Waals surface area contributed by atoms with Crippen molar-refractivity contribution < 1.29 is 17.6 Å². The Labute approximate surface area is 187 Å². The number of hydrogen-bond donors (Lipinski definition) is 1. The quantitative estimate of drug-likeness (QED) is 0.620. The number of nitrogens with one attached hydrogen (secondary N) is 1. The van der Waals surface area contributed by atoms with Crippen LogP contribution in [0.1, 0.15) is 18.5 Å². The van der Waals surface area contributed by atoms with Crippen molar-refractivity contribution in [3.63, 3.8) is 0 Å². The summed E-state index contributed by atoms with van der Waals surface area (Å²) in [6.45, 7) is 3.37. The maximum atomic E-state index is 14.0. The van der Waals surface area contributed by atoms with Gasteiger partial charge in [-0.3, -0.25) is 9.69 Å². The Morgan fingerprint density at radius 3 is 2.34 bits per heavy atom. The van der Waals surface area contributed by atoms with E-state index in [1.165, 1.54) is 22.5 Å². The van der Waals surface area contributed by atoms with Gasteiger partial charge in [-0.05, 0) is 41.5 Å². The van der Waals surface area contributed by atoms with E-state index in [-0.39, 0.29) is 36.5 Å². The van der Waals surface area contributed by atoms with Crippen molar-refractivity contribution in [2.45, 2.75) is 17.9 Å².